The molecule has 4 nitrogen and oxygen atoms in total. The maximum atomic E-state index is 5.47. The predicted octanol–water partition coefficient (Wildman–Crippen LogP) is 5.14. The number of unbranched alkanes of at least 4 members (excludes halogenated alkanes) is 6. The number of rotatable bonds is 14. The fourth-order valence-electron chi connectivity index (χ4n) is 2.25. The summed E-state index contributed by atoms with van der Waals surface area (Å²) in [6.45, 7) is 11.4. The number of hydrogen-bond donors (Lipinski definition) is 3. The number of nitrogens with zero attached hydrogens (tertiary/aromatic N) is 1. The number of allylic oxidation sites excluding steroid dienone is 1. The van der Waals surface area contributed by atoms with Gasteiger partial charge < -0.3 is 16.2 Å². The molecular weight excluding hydrogens is 318 g/mol. The van der Waals surface area contributed by atoms with Gasteiger partial charge in [0, 0.05) is 18.2 Å². The third kappa shape index (κ3) is 19.2. The first-order valence-electron chi connectivity index (χ1n) is 9.09. The summed E-state index contributed by atoms with van der Waals surface area (Å²) in [6.07, 6.45) is 9.77. The second kappa shape index (κ2) is 22.2. The van der Waals surface area contributed by atoms with Crippen LogP contribution in [0, 0.1) is 5.92 Å². The summed E-state index contributed by atoms with van der Waals surface area (Å²) in [5.41, 5.74) is 10.5. The minimum Gasteiger partial charge on any atom is -0.499 e. The smallest absolute Gasteiger partial charge is 0.185 e. The third-order valence-corrected chi connectivity index (χ3v) is 3.95. The summed E-state index contributed by atoms with van der Waals surface area (Å²) in [5, 5.41) is 0. The Morgan fingerprint density at radius 3 is 2.00 bits per heavy atom. The van der Waals surface area contributed by atoms with E-state index >= 15 is 0 Å². The number of hydrogen-bond acceptors (Lipinski definition) is 3. The molecular formula is C19H43N3OS. The van der Waals surface area contributed by atoms with Crippen molar-refractivity contribution < 1.29 is 4.74 Å². The van der Waals surface area contributed by atoms with Crippen LogP contribution in [0.15, 0.2) is 17.3 Å². The standard InChI is InChI=1S/C16H33N3OS.C2H6.CH4/c1-3-20-14(2)15(13-21)11-9-7-5-4-6-8-10-12-19-16(17)18;1-2;/h15,21H,2-13H2,1H3,(H4,17,18,19);1-2H3;1H4. The summed E-state index contributed by atoms with van der Waals surface area (Å²) >= 11 is 4.38. The zero-order valence-corrected chi connectivity index (χ0v) is 16.4. The third-order valence-electron chi connectivity index (χ3n) is 3.51. The number of ether oxygens (including phenoxy) is 1. The van der Waals surface area contributed by atoms with Gasteiger partial charge in [0.2, 0.25) is 0 Å². The molecule has 0 amide bonds. The average Bonchev–Trinajstić information content (AvgIpc) is 2.54. The molecule has 1 atom stereocenters. The fourth-order valence-corrected chi connectivity index (χ4v) is 2.64. The van der Waals surface area contributed by atoms with Crippen LogP contribution in [0.2, 0.25) is 0 Å². The van der Waals surface area contributed by atoms with Crippen LogP contribution < -0.4 is 11.5 Å². The van der Waals surface area contributed by atoms with Crippen molar-refractivity contribution in [2.75, 3.05) is 18.9 Å². The molecule has 0 aliphatic heterocycles. The molecule has 146 valence electrons. The summed E-state index contributed by atoms with van der Waals surface area (Å²) in [7, 11) is 0. The first kappa shape index (κ1) is 28.0. The highest BCUT2D eigenvalue weighted by Gasteiger charge is 2.11. The molecule has 0 fully saturated rings. The second-order valence-electron chi connectivity index (χ2n) is 5.35. The van der Waals surface area contributed by atoms with Gasteiger partial charge in [-0.25, -0.2) is 0 Å². The van der Waals surface area contributed by atoms with Gasteiger partial charge in [-0.3, -0.25) is 4.99 Å². The SMILES string of the molecule is C.C=C(OCC)C(CS)CCCCCCCCCN=C(N)N.CC. The highest BCUT2D eigenvalue weighted by atomic mass is 32.1. The first-order chi connectivity index (χ1) is 11.1. The van der Waals surface area contributed by atoms with E-state index in [1.165, 1.54) is 38.5 Å². The van der Waals surface area contributed by atoms with Crippen molar-refractivity contribution >= 4 is 18.6 Å². The van der Waals surface area contributed by atoms with Crippen molar-refractivity contribution in [2.24, 2.45) is 22.4 Å². The Morgan fingerprint density at radius 2 is 1.54 bits per heavy atom. The van der Waals surface area contributed by atoms with Crippen LogP contribution in [0.1, 0.15) is 79.6 Å². The maximum absolute atomic E-state index is 5.47. The van der Waals surface area contributed by atoms with Gasteiger partial charge in [0.05, 0.1) is 12.4 Å². The Balaban J connectivity index is -0.00000141. The predicted molar refractivity (Wildman–Crippen MR) is 114 cm³/mol. The number of aliphatic imine (C=N–C) groups is 1. The van der Waals surface area contributed by atoms with Gasteiger partial charge in [-0.05, 0) is 19.8 Å². The van der Waals surface area contributed by atoms with E-state index in [0.717, 1.165) is 30.9 Å². The van der Waals surface area contributed by atoms with Crippen LogP contribution >= 0.6 is 12.6 Å². The number of nitrogens with two attached hydrogens (primary N) is 2. The van der Waals surface area contributed by atoms with Crippen LogP contribution in [-0.2, 0) is 4.74 Å². The Kier molecular flexibility index (Phi) is 25.8. The van der Waals surface area contributed by atoms with E-state index in [-0.39, 0.29) is 13.4 Å². The minimum absolute atomic E-state index is 0. The van der Waals surface area contributed by atoms with Crippen molar-refractivity contribution in [2.45, 2.75) is 79.6 Å². The molecule has 0 radical (unpaired) electrons. The van der Waals surface area contributed by atoms with E-state index in [9.17, 15) is 0 Å². The fraction of sp³-hybridized carbons (Fsp3) is 0.842. The highest BCUT2D eigenvalue weighted by Crippen LogP contribution is 2.20. The van der Waals surface area contributed by atoms with Crippen molar-refractivity contribution in [3.63, 3.8) is 0 Å². The van der Waals surface area contributed by atoms with Gasteiger partial charge in [-0.2, -0.15) is 12.6 Å². The van der Waals surface area contributed by atoms with Crippen LogP contribution in [-0.4, -0.2) is 24.9 Å². The maximum Gasteiger partial charge on any atom is 0.185 e. The van der Waals surface area contributed by atoms with Gasteiger partial charge in [-0.1, -0.05) is 66.4 Å². The zero-order chi connectivity index (χ0) is 17.9. The normalized spacial score (nSPS) is 10.7. The summed E-state index contributed by atoms with van der Waals surface area (Å²) < 4.78 is 5.47. The van der Waals surface area contributed by atoms with E-state index in [1.54, 1.807) is 0 Å². The Hall–Kier alpha value is -0.840. The van der Waals surface area contributed by atoms with Gasteiger partial charge in [0.1, 0.15) is 0 Å². The van der Waals surface area contributed by atoms with E-state index in [1.807, 2.05) is 20.8 Å². The molecule has 1 unspecified atom stereocenters. The molecule has 5 heteroatoms. The van der Waals surface area contributed by atoms with Crippen molar-refractivity contribution in [3.05, 3.63) is 12.3 Å². The second-order valence-corrected chi connectivity index (χ2v) is 5.71. The molecule has 0 bridgehead atoms. The lowest BCUT2D eigenvalue weighted by molar-refractivity contribution is 0.194. The van der Waals surface area contributed by atoms with Gasteiger partial charge in [0.15, 0.2) is 5.96 Å². The van der Waals surface area contributed by atoms with E-state index < -0.39 is 0 Å². The lowest BCUT2D eigenvalue weighted by Crippen LogP contribution is -2.22. The minimum atomic E-state index is 0. The van der Waals surface area contributed by atoms with Crippen molar-refractivity contribution in [1.82, 2.24) is 0 Å². The van der Waals surface area contributed by atoms with Crippen LogP contribution in [0.5, 0.6) is 0 Å². The van der Waals surface area contributed by atoms with Crippen LogP contribution in [0.3, 0.4) is 0 Å². The van der Waals surface area contributed by atoms with Gasteiger partial charge >= 0.3 is 0 Å². The average molecular weight is 362 g/mol. The molecule has 0 aromatic rings. The highest BCUT2D eigenvalue weighted by molar-refractivity contribution is 7.80. The summed E-state index contributed by atoms with van der Waals surface area (Å²) in [6, 6.07) is 0. The molecule has 0 spiro atoms. The molecule has 0 saturated carbocycles. The lowest BCUT2D eigenvalue weighted by Gasteiger charge is -2.17. The number of thiol groups is 1. The Bertz CT molecular complexity index is 292. The Morgan fingerprint density at radius 1 is 1.04 bits per heavy atom. The van der Waals surface area contributed by atoms with E-state index in [4.69, 9.17) is 16.2 Å². The van der Waals surface area contributed by atoms with Crippen LogP contribution in [0.4, 0.5) is 0 Å². The monoisotopic (exact) mass is 361 g/mol. The first-order valence-corrected chi connectivity index (χ1v) is 9.72. The molecule has 24 heavy (non-hydrogen) atoms. The largest absolute Gasteiger partial charge is 0.499 e. The molecule has 0 aromatic carbocycles. The van der Waals surface area contributed by atoms with Crippen molar-refractivity contribution in [1.29, 1.82) is 0 Å². The number of guanidine groups is 1. The van der Waals surface area contributed by atoms with E-state index in [2.05, 4.69) is 24.2 Å². The topological polar surface area (TPSA) is 73.6 Å². The molecule has 0 saturated heterocycles. The van der Waals surface area contributed by atoms with Crippen molar-refractivity contribution in [3.8, 4) is 0 Å². The summed E-state index contributed by atoms with van der Waals surface area (Å²) in [4.78, 5) is 3.98. The van der Waals surface area contributed by atoms with E-state index in [0.29, 0.717) is 12.5 Å². The molecule has 4 N–H and O–H groups in total. The molecule has 0 aromatic heterocycles. The molecule has 0 aliphatic carbocycles. The molecule has 0 rings (SSSR count). The zero-order valence-electron chi connectivity index (χ0n) is 15.5. The quantitative estimate of drug-likeness (QED) is 0.132. The molecule has 0 heterocycles. The van der Waals surface area contributed by atoms with Gasteiger partial charge in [-0.15, -0.1) is 0 Å². The Labute approximate surface area is 156 Å². The molecule has 0 aliphatic rings. The lowest BCUT2D eigenvalue weighted by atomic mass is 10.00. The summed E-state index contributed by atoms with van der Waals surface area (Å²) in [5.74, 6) is 2.31. The van der Waals surface area contributed by atoms with Crippen LogP contribution in [0.25, 0.3) is 0 Å². The van der Waals surface area contributed by atoms with Gasteiger partial charge in [0.25, 0.3) is 0 Å².